The number of hydrogen-bond donors (Lipinski definition) is 3. The zero-order chi connectivity index (χ0) is 30.2. The highest BCUT2D eigenvalue weighted by Gasteiger charge is 2.19. The number of H-pyrrole nitrogens is 2. The fraction of sp³-hybridized carbons (Fsp3) is 0.265. The topological polar surface area (TPSA) is 115 Å². The van der Waals surface area contributed by atoms with Gasteiger partial charge in [0, 0.05) is 41.9 Å². The summed E-state index contributed by atoms with van der Waals surface area (Å²) in [5.74, 6) is 0.988. The van der Waals surface area contributed by atoms with Gasteiger partial charge in [0.25, 0.3) is 0 Å². The first-order valence-corrected chi connectivity index (χ1v) is 15.0. The van der Waals surface area contributed by atoms with Crippen molar-refractivity contribution in [1.29, 1.82) is 0 Å². The summed E-state index contributed by atoms with van der Waals surface area (Å²) in [5.41, 5.74) is 7.84. The lowest BCUT2D eigenvalue weighted by atomic mass is 9.98. The van der Waals surface area contributed by atoms with Crippen LogP contribution in [0.25, 0.3) is 55.7 Å². The van der Waals surface area contributed by atoms with Crippen LogP contribution in [0.15, 0.2) is 67.3 Å². The van der Waals surface area contributed by atoms with E-state index in [1.165, 1.54) is 12.8 Å². The summed E-state index contributed by atoms with van der Waals surface area (Å²) in [6.45, 7) is 6.88. The van der Waals surface area contributed by atoms with Crippen LogP contribution in [0.4, 0.5) is 10.1 Å². The molecule has 7 rings (SSSR count). The number of piperidine rings is 1. The predicted molar refractivity (Wildman–Crippen MR) is 170 cm³/mol. The summed E-state index contributed by atoms with van der Waals surface area (Å²) in [4.78, 5) is 31.4. The van der Waals surface area contributed by atoms with E-state index < -0.39 is 0 Å². The molecule has 9 nitrogen and oxygen atoms in total. The van der Waals surface area contributed by atoms with Gasteiger partial charge in [-0.1, -0.05) is 19.9 Å². The standard InChI is InChI=1S/C34H33FN8O/c1-3-31(44)38-26-13-24(15-36-16-26)22-4-5-29-27(14-22)33(42-41-29)34-39-30-18-37-17-28(32(30)40-34)23-10-21(11-25(35)12-23)19-43-8-6-20(2)7-9-43/h4-5,10-18,20H,3,6-9,19H2,1-2H3,(H,38,44)(H,39,40)(H,41,42). The minimum atomic E-state index is -0.269. The second-order valence-electron chi connectivity index (χ2n) is 11.7. The highest BCUT2D eigenvalue weighted by Crippen LogP contribution is 2.34. The Bertz CT molecular complexity index is 1990. The first-order chi connectivity index (χ1) is 21.4. The number of likely N-dealkylation sites (tertiary alicyclic amines) is 1. The molecule has 6 aromatic rings. The maximum atomic E-state index is 14.9. The van der Waals surface area contributed by atoms with Gasteiger partial charge >= 0.3 is 0 Å². The molecule has 1 fully saturated rings. The Hall–Kier alpha value is -4.96. The number of aromatic amines is 2. The lowest BCUT2D eigenvalue weighted by Crippen LogP contribution is -2.32. The van der Waals surface area contributed by atoms with Crippen LogP contribution in [0, 0.1) is 11.7 Å². The number of anilines is 1. The van der Waals surface area contributed by atoms with Crippen molar-refractivity contribution in [2.45, 2.75) is 39.7 Å². The van der Waals surface area contributed by atoms with Gasteiger partial charge in [0.05, 0.1) is 34.6 Å². The number of fused-ring (bicyclic) bond motifs is 2. The first-order valence-electron chi connectivity index (χ1n) is 15.0. The van der Waals surface area contributed by atoms with E-state index in [9.17, 15) is 9.18 Å². The van der Waals surface area contributed by atoms with Crippen molar-refractivity contribution in [2.75, 3.05) is 18.4 Å². The number of rotatable bonds is 7. The number of pyridine rings is 2. The summed E-state index contributed by atoms with van der Waals surface area (Å²) < 4.78 is 14.9. The molecule has 44 heavy (non-hydrogen) atoms. The minimum Gasteiger partial charge on any atom is -0.335 e. The molecule has 2 aromatic carbocycles. The molecular weight excluding hydrogens is 555 g/mol. The quantitative estimate of drug-likeness (QED) is 0.186. The van der Waals surface area contributed by atoms with Crippen molar-refractivity contribution in [3.8, 4) is 33.8 Å². The highest BCUT2D eigenvalue weighted by molar-refractivity contribution is 5.98. The van der Waals surface area contributed by atoms with Crippen molar-refractivity contribution in [1.82, 2.24) is 35.0 Å². The maximum Gasteiger partial charge on any atom is 0.224 e. The molecule has 222 valence electrons. The molecule has 0 aliphatic carbocycles. The van der Waals surface area contributed by atoms with Gasteiger partial charge in [0.15, 0.2) is 5.82 Å². The van der Waals surface area contributed by atoms with Crippen molar-refractivity contribution >= 4 is 33.5 Å². The normalized spacial score (nSPS) is 14.4. The third kappa shape index (κ3) is 5.56. The fourth-order valence-electron chi connectivity index (χ4n) is 5.92. The predicted octanol–water partition coefficient (Wildman–Crippen LogP) is 6.95. The molecule has 5 heterocycles. The van der Waals surface area contributed by atoms with E-state index in [4.69, 9.17) is 4.98 Å². The van der Waals surface area contributed by atoms with E-state index in [-0.39, 0.29) is 11.7 Å². The SMILES string of the molecule is CCC(=O)Nc1cncc(-c2ccc3[nH]nc(-c4nc5c(-c6cc(F)cc(CN7CCC(C)CC7)c6)cncc5[nH]4)c3c2)c1. The Morgan fingerprint density at radius 2 is 1.82 bits per heavy atom. The molecule has 0 unspecified atom stereocenters. The highest BCUT2D eigenvalue weighted by atomic mass is 19.1. The van der Waals surface area contributed by atoms with Crippen LogP contribution in [0.3, 0.4) is 0 Å². The van der Waals surface area contributed by atoms with Gasteiger partial charge in [0.1, 0.15) is 11.5 Å². The van der Waals surface area contributed by atoms with Gasteiger partial charge < -0.3 is 10.3 Å². The zero-order valence-corrected chi connectivity index (χ0v) is 24.7. The smallest absolute Gasteiger partial charge is 0.224 e. The maximum absolute atomic E-state index is 14.9. The van der Waals surface area contributed by atoms with Gasteiger partial charge in [0.2, 0.25) is 5.91 Å². The molecule has 3 N–H and O–H groups in total. The van der Waals surface area contributed by atoms with E-state index in [1.807, 2.05) is 37.3 Å². The lowest BCUT2D eigenvalue weighted by Gasteiger charge is -2.30. The summed E-state index contributed by atoms with van der Waals surface area (Å²) in [6, 6.07) is 13.1. The first kappa shape index (κ1) is 27.8. The fourth-order valence-corrected chi connectivity index (χ4v) is 5.92. The molecule has 0 spiro atoms. The number of nitrogens with one attached hydrogen (secondary N) is 3. The minimum absolute atomic E-state index is 0.0682. The van der Waals surface area contributed by atoms with Crippen LogP contribution in [0.5, 0.6) is 0 Å². The Morgan fingerprint density at radius 3 is 2.66 bits per heavy atom. The Balaban J connectivity index is 1.23. The average molecular weight is 589 g/mol. The number of carbonyl (C=O) groups excluding carboxylic acids is 1. The number of hydrogen-bond acceptors (Lipinski definition) is 6. The van der Waals surface area contributed by atoms with Crippen LogP contribution in [-0.2, 0) is 11.3 Å². The number of nitrogens with zero attached hydrogens (tertiary/aromatic N) is 5. The molecule has 1 aliphatic heterocycles. The molecule has 0 atom stereocenters. The summed E-state index contributed by atoms with van der Waals surface area (Å²) in [5, 5.41) is 11.4. The number of benzene rings is 2. The zero-order valence-electron chi connectivity index (χ0n) is 24.7. The van der Waals surface area contributed by atoms with Crippen LogP contribution in [-0.4, -0.2) is 54.0 Å². The van der Waals surface area contributed by atoms with Crippen molar-refractivity contribution in [2.24, 2.45) is 5.92 Å². The van der Waals surface area contributed by atoms with Gasteiger partial charge in [-0.2, -0.15) is 5.10 Å². The third-order valence-electron chi connectivity index (χ3n) is 8.41. The van der Waals surface area contributed by atoms with Crippen LogP contribution < -0.4 is 5.32 Å². The molecular formula is C34H33FN8O. The second-order valence-corrected chi connectivity index (χ2v) is 11.7. The van der Waals surface area contributed by atoms with Crippen molar-refractivity contribution in [3.63, 3.8) is 0 Å². The average Bonchev–Trinajstić information content (AvgIpc) is 3.66. The number of carbonyl (C=O) groups is 1. The van der Waals surface area contributed by atoms with E-state index in [0.29, 0.717) is 29.1 Å². The molecule has 10 heteroatoms. The van der Waals surface area contributed by atoms with Crippen molar-refractivity contribution < 1.29 is 9.18 Å². The summed E-state index contributed by atoms with van der Waals surface area (Å²) in [6.07, 6.45) is 9.60. The number of imidazole rings is 1. The molecule has 1 saturated heterocycles. The molecule has 1 aliphatic rings. The number of amides is 1. The van der Waals surface area contributed by atoms with Gasteiger partial charge in [-0.25, -0.2) is 9.37 Å². The largest absolute Gasteiger partial charge is 0.335 e. The molecule has 4 aromatic heterocycles. The van der Waals surface area contributed by atoms with Crippen LogP contribution in [0.1, 0.15) is 38.7 Å². The van der Waals surface area contributed by atoms with Crippen LogP contribution in [0.2, 0.25) is 0 Å². The Labute approximate surface area is 254 Å². The molecule has 0 saturated carbocycles. The second kappa shape index (κ2) is 11.6. The van der Waals surface area contributed by atoms with Crippen LogP contribution >= 0.6 is 0 Å². The van der Waals surface area contributed by atoms with E-state index in [2.05, 4.69) is 42.3 Å². The Kier molecular flexibility index (Phi) is 7.35. The van der Waals surface area contributed by atoms with E-state index >= 15 is 0 Å². The van der Waals surface area contributed by atoms with Gasteiger partial charge in [-0.15, -0.1) is 0 Å². The van der Waals surface area contributed by atoms with E-state index in [1.54, 1.807) is 36.9 Å². The lowest BCUT2D eigenvalue weighted by molar-refractivity contribution is -0.115. The summed E-state index contributed by atoms with van der Waals surface area (Å²) in [7, 11) is 0. The monoisotopic (exact) mass is 588 g/mol. The molecule has 0 bridgehead atoms. The van der Waals surface area contributed by atoms with Crippen molar-refractivity contribution in [3.05, 3.63) is 78.6 Å². The van der Waals surface area contributed by atoms with Gasteiger partial charge in [-0.3, -0.25) is 24.8 Å². The number of halogens is 1. The number of aromatic nitrogens is 6. The van der Waals surface area contributed by atoms with Gasteiger partial charge in [-0.05, 0) is 84.9 Å². The Morgan fingerprint density at radius 1 is 0.977 bits per heavy atom. The molecule has 1 amide bonds. The molecule has 0 radical (unpaired) electrons. The summed E-state index contributed by atoms with van der Waals surface area (Å²) >= 11 is 0. The van der Waals surface area contributed by atoms with E-state index in [0.717, 1.165) is 69.8 Å². The third-order valence-corrected chi connectivity index (χ3v) is 8.41.